The van der Waals surface area contributed by atoms with Crippen molar-refractivity contribution in [2.75, 3.05) is 13.2 Å². The van der Waals surface area contributed by atoms with Gasteiger partial charge in [-0.2, -0.15) is 4.72 Å². The van der Waals surface area contributed by atoms with Crippen LogP contribution >= 0.6 is 11.6 Å². The SMILES string of the molecule is C[C@@H](O)[C@@H](NS(=O)(=O)c1ccc(Cl)cc1)C(=O)OCCOc1ccc(F)cc1. The van der Waals surface area contributed by atoms with Gasteiger partial charge in [0.2, 0.25) is 10.0 Å². The summed E-state index contributed by atoms with van der Waals surface area (Å²) in [5.41, 5.74) is 0. The third kappa shape index (κ3) is 6.45. The van der Waals surface area contributed by atoms with Crippen LogP contribution in [0.3, 0.4) is 0 Å². The second kappa shape index (κ2) is 9.83. The van der Waals surface area contributed by atoms with Gasteiger partial charge in [-0.1, -0.05) is 11.6 Å². The molecule has 0 saturated heterocycles. The Hall–Kier alpha value is -2.20. The molecule has 0 unspecified atom stereocenters. The molecule has 0 heterocycles. The first-order valence-corrected chi connectivity index (χ1v) is 10.1. The minimum absolute atomic E-state index is 0.0339. The third-order valence-electron chi connectivity index (χ3n) is 3.55. The molecule has 0 saturated carbocycles. The summed E-state index contributed by atoms with van der Waals surface area (Å²) in [6.45, 7) is 1.03. The van der Waals surface area contributed by atoms with Crippen LogP contribution in [0.4, 0.5) is 4.39 Å². The lowest BCUT2D eigenvalue weighted by atomic mass is 10.2. The summed E-state index contributed by atoms with van der Waals surface area (Å²) in [6, 6.07) is 9.07. The van der Waals surface area contributed by atoms with Crippen LogP contribution in [0.1, 0.15) is 6.92 Å². The van der Waals surface area contributed by atoms with Gasteiger partial charge >= 0.3 is 5.97 Å². The van der Waals surface area contributed by atoms with Gasteiger partial charge in [-0.05, 0) is 55.5 Å². The monoisotopic (exact) mass is 431 g/mol. The number of carbonyl (C=O) groups excluding carboxylic acids is 1. The number of esters is 1. The standard InChI is InChI=1S/C18H19ClFNO6S/c1-12(22)17(21-28(24,25)16-8-2-13(19)3-9-16)18(23)27-11-10-26-15-6-4-14(20)5-7-15/h2-9,12,17,21-22H,10-11H2,1H3/t12-,17-/m1/s1. The first-order valence-electron chi connectivity index (χ1n) is 8.20. The molecule has 2 aromatic carbocycles. The van der Waals surface area contributed by atoms with Crippen LogP contribution in [0.2, 0.25) is 5.02 Å². The van der Waals surface area contributed by atoms with E-state index in [-0.39, 0.29) is 18.1 Å². The highest BCUT2D eigenvalue weighted by Crippen LogP contribution is 2.15. The lowest BCUT2D eigenvalue weighted by molar-refractivity contribution is -0.149. The second-order valence-electron chi connectivity index (χ2n) is 5.76. The summed E-state index contributed by atoms with van der Waals surface area (Å²) in [4.78, 5) is 12.1. The number of carbonyl (C=O) groups is 1. The highest BCUT2D eigenvalue weighted by atomic mass is 35.5. The second-order valence-corrected chi connectivity index (χ2v) is 7.91. The number of hydrogen-bond donors (Lipinski definition) is 2. The summed E-state index contributed by atoms with van der Waals surface area (Å²) in [5, 5.41) is 10.1. The van der Waals surface area contributed by atoms with Gasteiger partial charge in [0.05, 0.1) is 11.0 Å². The Morgan fingerprint density at radius 3 is 2.32 bits per heavy atom. The topological polar surface area (TPSA) is 102 Å². The summed E-state index contributed by atoms with van der Waals surface area (Å²) < 4.78 is 49.9. The maximum atomic E-state index is 12.8. The molecule has 2 aromatic rings. The van der Waals surface area contributed by atoms with Crippen LogP contribution < -0.4 is 9.46 Å². The smallest absolute Gasteiger partial charge is 0.326 e. The van der Waals surface area contributed by atoms with Crippen LogP contribution in [0.5, 0.6) is 5.75 Å². The van der Waals surface area contributed by atoms with Crippen LogP contribution in [0.15, 0.2) is 53.4 Å². The van der Waals surface area contributed by atoms with Crippen LogP contribution in [-0.4, -0.2) is 44.9 Å². The van der Waals surface area contributed by atoms with Crippen molar-refractivity contribution >= 4 is 27.6 Å². The molecule has 0 spiro atoms. The molecule has 152 valence electrons. The molecule has 0 aromatic heterocycles. The lowest BCUT2D eigenvalue weighted by Crippen LogP contribution is -2.48. The van der Waals surface area contributed by atoms with E-state index in [4.69, 9.17) is 21.1 Å². The Morgan fingerprint density at radius 1 is 1.14 bits per heavy atom. The van der Waals surface area contributed by atoms with Crippen molar-refractivity contribution in [3.63, 3.8) is 0 Å². The first-order chi connectivity index (χ1) is 13.2. The van der Waals surface area contributed by atoms with E-state index in [1.807, 2.05) is 0 Å². The average Bonchev–Trinajstić information content (AvgIpc) is 2.64. The zero-order valence-corrected chi connectivity index (χ0v) is 16.4. The molecular weight excluding hydrogens is 413 g/mol. The fourth-order valence-electron chi connectivity index (χ4n) is 2.11. The van der Waals surface area contributed by atoms with Gasteiger partial charge in [0.25, 0.3) is 0 Å². The normalized spacial score (nSPS) is 13.6. The number of rotatable bonds is 9. The average molecular weight is 432 g/mol. The number of sulfonamides is 1. The van der Waals surface area contributed by atoms with E-state index in [1.165, 1.54) is 55.5 Å². The lowest BCUT2D eigenvalue weighted by Gasteiger charge is -2.20. The minimum atomic E-state index is -4.08. The third-order valence-corrected chi connectivity index (χ3v) is 5.26. The Bertz CT molecular complexity index is 887. The Labute approximate surface area is 167 Å². The largest absolute Gasteiger partial charge is 0.490 e. The van der Waals surface area contributed by atoms with Gasteiger partial charge in [0.15, 0.2) is 0 Å². The highest BCUT2D eigenvalue weighted by Gasteiger charge is 2.30. The predicted octanol–water partition coefficient (Wildman–Crippen LogP) is 2.13. The van der Waals surface area contributed by atoms with Crippen LogP contribution in [0, 0.1) is 5.82 Å². The first kappa shape index (κ1) is 22.1. The van der Waals surface area contributed by atoms with E-state index in [1.54, 1.807) is 0 Å². The van der Waals surface area contributed by atoms with Gasteiger partial charge < -0.3 is 14.6 Å². The van der Waals surface area contributed by atoms with E-state index < -0.39 is 34.0 Å². The number of benzene rings is 2. The van der Waals surface area contributed by atoms with Gasteiger partial charge in [-0.15, -0.1) is 0 Å². The summed E-state index contributed by atoms with van der Waals surface area (Å²) in [5.74, 6) is -0.991. The fourth-order valence-corrected chi connectivity index (χ4v) is 3.50. The maximum Gasteiger partial charge on any atom is 0.326 e. The van der Waals surface area contributed by atoms with E-state index >= 15 is 0 Å². The van der Waals surface area contributed by atoms with Gasteiger partial charge in [-0.3, -0.25) is 4.79 Å². The molecule has 0 aliphatic rings. The molecule has 28 heavy (non-hydrogen) atoms. The number of halogens is 2. The van der Waals surface area contributed by atoms with Crippen molar-refractivity contribution in [2.45, 2.75) is 24.0 Å². The van der Waals surface area contributed by atoms with E-state index in [0.29, 0.717) is 10.8 Å². The van der Waals surface area contributed by atoms with Gasteiger partial charge in [0, 0.05) is 5.02 Å². The minimum Gasteiger partial charge on any atom is -0.490 e. The molecule has 0 amide bonds. The number of hydrogen-bond acceptors (Lipinski definition) is 6. The Balaban J connectivity index is 1.92. The van der Waals surface area contributed by atoms with Gasteiger partial charge in [0.1, 0.15) is 30.8 Å². The highest BCUT2D eigenvalue weighted by molar-refractivity contribution is 7.89. The van der Waals surface area contributed by atoms with E-state index in [9.17, 15) is 22.7 Å². The van der Waals surface area contributed by atoms with E-state index in [0.717, 1.165) is 0 Å². The van der Waals surface area contributed by atoms with Crippen LogP contribution in [0.25, 0.3) is 0 Å². The van der Waals surface area contributed by atoms with Crippen molar-refractivity contribution in [1.29, 1.82) is 0 Å². The zero-order chi connectivity index (χ0) is 20.7. The predicted molar refractivity (Wildman–Crippen MR) is 100 cm³/mol. The molecule has 0 bridgehead atoms. The number of aliphatic hydroxyl groups excluding tert-OH is 1. The van der Waals surface area contributed by atoms with Crippen molar-refractivity contribution in [3.8, 4) is 5.75 Å². The summed E-state index contributed by atoms with van der Waals surface area (Å²) in [7, 11) is -4.08. The number of aliphatic hydroxyl groups is 1. The molecule has 2 rings (SSSR count). The van der Waals surface area contributed by atoms with Gasteiger partial charge in [-0.25, -0.2) is 12.8 Å². The Morgan fingerprint density at radius 2 is 1.75 bits per heavy atom. The molecule has 0 fully saturated rings. The molecule has 0 radical (unpaired) electrons. The Kier molecular flexibility index (Phi) is 7.76. The van der Waals surface area contributed by atoms with Crippen molar-refractivity contribution in [1.82, 2.24) is 4.72 Å². The van der Waals surface area contributed by atoms with Crippen LogP contribution in [-0.2, 0) is 19.6 Å². The van der Waals surface area contributed by atoms with Crippen molar-refractivity contribution in [3.05, 3.63) is 59.4 Å². The molecule has 2 N–H and O–H groups in total. The molecule has 0 aliphatic heterocycles. The molecule has 7 nitrogen and oxygen atoms in total. The van der Waals surface area contributed by atoms with Crippen molar-refractivity contribution < 1.29 is 32.2 Å². The maximum absolute atomic E-state index is 12.8. The molecular formula is C18H19ClFNO6S. The molecule has 2 atom stereocenters. The molecule has 10 heteroatoms. The number of nitrogens with one attached hydrogen (secondary N) is 1. The fraction of sp³-hybridized carbons (Fsp3) is 0.278. The summed E-state index contributed by atoms with van der Waals surface area (Å²) >= 11 is 5.73. The quantitative estimate of drug-likeness (QED) is 0.466. The molecule has 0 aliphatic carbocycles. The zero-order valence-electron chi connectivity index (χ0n) is 14.8. The summed E-state index contributed by atoms with van der Waals surface area (Å²) in [6.07, 6.45) is -1.34. The number of ether oxygens (including phenoxy) is 2. The van der Waals surface area contributed by atoms with Crippen molar-refractivity contribution in [2.24, 2.45) is 0 Å². The van der Waals surface area contributed by atoms with E-state index in [2.05, 4.69) is 4.72 Å².